The number of hydrogen-bond donors (Lipinski definition) is 1. The van der Waals surface area contributed by atoms with Crippen molar-refractivity contribution in [3.05, 3.63) is 70.5 Å². The summed E-state index contributed by atoms with van der Waals surface area (Å²) in [7, 11) is 0. The molecule has 0 atom stereocenters. The summed E-state index contributed by atoms with van der Waals surface area (Å²) in [6.45, 7) is 1.62. The highest BCUT2D eigenvalue weighted by molar-refractivity contribution is 6.03. The molecule has 0 spiro atoms. The summed E-state index contributed by atoms with van der Waals surface area (Å²) in [6.07, 6.45) is 0.487. The summed E-state index contributed by atoms with van der Waals surface area (Å²) in [5.41, 5.74) is 1.38. The van der Waals surface area contributed by atoms with E-state index >= 15 is 0 Å². The molecule has 0 aliphatic heterocycles. The molecule has 0 fully saturated rings. The first-order valence-electron chi connectivity index (χ1n) is 8.68. The quantitative estimate of drug-likeness (QED) is 0.632. The molecule has 1 heterocycles. The summed E-state index contributed by atoms with van der Waals surface area (Å²) < 4.78 is 19.2. The number of ketones is 1. The molecule has 28 heavy (non-hydrogen) atoms. The Balaban J connectivity index is 1.58. The third kappa shape index (κ3) is 4.59. The highest BCUT2D eigenvalue weighted by atomic mass is 19.1. The standard InChI is InChI=1S/C20H18FN3O4/c1-13(25)16-5-2-3-6-17(16)22-18(26)7-4-12-24-20(27)28-19(23-24)14-8-10-15(21)11-9-14/h2-3,5-6,8-11H,4,7,12H2,1H3,(H,22,26). The Morgan fingerprint density at radius 1 is 1.14 bits per heavy atom. The van der Waals surface area contributed by atoms with E-state index in [2.05, 4.69) is 10.4 Å². The molecule has 0 saturated carbocycles. The number of aryl methyl sites for hydroxylation is 1. The van der Waals surface area contributed by atoms with Gasteiger partial charge in [0.15, 0.2) is 5.78 Å². The van der Waals surface area contributed by atoms with Gasteiger partial charge in [-0.05, 0) is 49.7 Å². The van der Waals surface area contributed by atoms with Crippen molar-refractivity contribution in [2.45, 2.75) is 26.3 Å². The average Bonchev–Trinajstić information content (AvgIpc) is 3.03. The van der Waals surface area contributed by atoms with Gasteiger partial charge in [0.05, 0.1) is 5.69 Å². The van der Waals surface area contributed by atoms with Crippen LogP contribution in [0.2, 0.25) is 0 Å². The lowest BCUT2D eigenvalue weighted by Gasteiger charge is -2.08. The zero-order chi connectivity index (χ0) is 20.1. The molecular weight excluding hydrogens is 365 g/mol. The minimum atomic E-state index is -0.651. The van der Waals surface area contributed by atoms with Gasteiger partial charge in [-0.2, -0.15) is 4.68 Å². The minimum Gasteiger partial charge on any atom is -0.388 e. The number of anilines is 1. The Labute approximate surface area is 159 Å². The molecule has 1 amide bonds. The molecule has 0 aliphatic carbocycles. The molecule has 8 heteroatoms. The fourth-order valence-electron chi connectivity index (χ4n) is 2.66. The second-order valence-electron chi connectivity index (χ2n) is 6.16. The average molecular weight is 383 g/mol. The number of nitrogens with one attached hydrogen (secondary N) is 1. The van der Waals surface area contributed by atoms with Crippen LogP contribution in [0.1, 0.15) is 30.1 Å². The van der Waals surface area contributed by atoms with E-state index in [1.807, 2.05) is 0 Å². The zero-order valence-electron chi connectivity index (χ0n) is 15.1. The van der Waals surface area contributed by atoms with E-state index in [4.69, 9.17) is 4.42 Å². The van der Waals surface area contributed by atoms with E-state index in [-0.39, 0.29) is 30.5 Å². The number of para-hydroxylation sites is 1. The smallest absolute Gasteiger partial charge is 0.388 e. The van der Waals surface area contributed by atoms with E-state index in [1.165, 1.54) is 31.2 Å². The third-order valence-corrected chi connectivity index (χ3v) is 4.05. The van der Waals surface area contributed by atoms with Crippen molar-refractivity contribution >= 4 is 17.4 Å². The first-order chi connectivity index (χ1) is 13.4. The second-order valence-corrected chi connectivity index (χ2v) is 6.16. The van der Waals surface area contributed by atoms with Crippen molar-refractivity contribution in [3.8, 4) is 11.5 Å². The summed E-state index contributed by atoms with van der Waals surface area (Å²) in [5.74, 6) is -1.38. The van der Waals surface area contributed by atoms with Gasteiger partial charge in [0.2, 0.25) is 11.8 Å². The fourth-order valence-corrected chi connectivity index (χ4v) is 2.66. The second kappa shape index (κ2) is 8.43. The topological polar surface area (TPSA) is 94.2 Å². The molecule has 3 aromatic rings. The van der Waals surface area contributed by atoms with Crippen molar-refractivity contribution in [2.24, 2.45) is 0 Å². The van der Waals surface area contributed by atoms with Crippen molar-refractivity contribution in [1.82, 2.24) is 9.78 Å². The van der Waals surface area contributed by atoms with Crippen molar-refractivity contribution in [3.63, 3.8) is 0 Å². The molecular formula is C20H18FN3O4. The van der Waals surface area contributed by atoms with Crippen LogP contribution in [0.25, 0.3) is 11.5 Å². The zero-order valence-corrected chi connectivity index (χ0v) is 15.1. The maximum Gasteiger partial charge on any atom is 0.437 e. The van der Waals surface area contributed by atoms with Gasteiger partial charge < -0.3 is 9.73 Å². The van der Waals surface area contributed by atoms with Gasteiger partial charge in [0.25, 0.3) is 0 Å². The monoisotopic (exact) mass is 383 g/mol. The Kier molecular flexibility index (Phi) is 5.78. The van der Waals surface area contributed by atoms with Gasteiger partial charge in [-0.15, -0.1) is 5.10 Å². The number of benzene rings is 2. The molecule has 1 N–H and O–H groups in total. The molecule has 0 saturated heterocycles. The molecule has 3 rings (SSSR count). The molecule has 0 aliphatic rings. The van der Waals surface area contributed by atoms with Gasteiger partial charge in [-0.25, -0.2) is 9.18 Å². The number of carbonyl (C=O) groups is 2. The predicted octanol–water partition coefficient (Wildman–Crippen LogP) is 3.26. The lowest BCUT2D eigenvalue weighted by Crippen LogP contribution is -2.18. The fraction of sp³-hybridized carbons (Fsp3) is 0.200. The number of halogens is 1. The number of rotatable bonds is 7. The van der Waals surface area contributed by atoms with Crippen molar-refractivity contribution < 1.29 is 18.4 Å². The van der Waals surface area contributed by atoms with Gasteiger partial charge in [0, 0.05) is 24.1 Å². The van der Waals surface area contributed by atoms with Crippen LogP contribution in [0.3, 0.4) is 0 Å². The largest absolute Gasteiger partial charge is 0.437 e. The van der Waals surface area contributed by atoms with E-state index in [9.17, 15) is 18.8 Å². The summed E-state index contributed by atoms with van der Waals surface area (Å²) in [5, 5.41) is 6.77. The molecule has 2 aromatic carbocycles. The molecule has 0 bridgehead atoms. The Bertz CT molecular complexity index is 1050. The van der Waals surface area contributed by atoms with Gasteiger partial charge >= 0.3 is 5.76 Å². The van der Waals surface area contributed by atoms with Crippen molar-refractivity contribution in [1.29, 1.82) is 0 Å². The maximum atomic E-state index is 13.0. The molecule has 0 unspecified atom stereocenters. The normalized spacial score (nSPS) is 10.6. The Morgan fingerprint density at radius 2 is 1.86 bits per heavy atom. The molecule has 1 aromatic heterocycles. The van der Waals surface area contributed by atoms with Crippen LogP contribution in [0.5, 0.6) is 0 Å². The molecule has 0 radical (unpaired) electrons. The van der Waals surface area contributed by atoms with E-state index in [0.717, 1.165) is 4.68 Å². The lowest BCUT2D eigenvalue weighted by atomic mass is 10.1. The summed E-state index contributed by atoms with van der Waals surface area (Å²) >= 11 is 0. The van der Waals surface area contributed by atoms with E-state index < -0.39 is 11.6 Å². The number of nitrogens with zero attached hydrogens (tertiary/aromatic N) is 2. The number of aromatic nitrogens is 2. The first-order valence-corrected chi connectivity index (χ1v) is 8.68. The number of hydrogen-bond acceptors (Lipinski definition) is 5. The van der Waals surface area contributed by atoms with Crippen LogP contribution in [0.4, 0.5) is 10.1 Å². The van der Waals surface area contributed by atoms with Gasteiger partial charge in [-0.1, -0.05) is 12.1 Å². The highest BCUT2D eigenvalue weighted by Gasteiger charge is 2.12. The van der Waals surface area contributed by atoms with Crippen molar-refractivity contribution in [2.75, 3.05) is 5.32 Å². The summed E-state index contributed by atoms with van der Waals surface area (Å²) in [6, 6.07) is 12.2. The predicted molar refractivity (Wildman–Crippen MR) is 100 cm³/mol. The van der Waals surface area contributed by atoms with Crippen LogP contribution in [-0.2, 0) is 11.3 Å². The number of amides is 1. The SMILES string of the molecule is CC(=O)c1ccccc1NC(=O)CCCn1nc(-c2ccc(F)cc2)oc1=O. The Hall–Kier alpha value is -3.55. The first kappa shape index (κ1) is 19.2. The highest BCUT2D eigenvalue weighted by Crippen LogP contribution is 2.17. The molecule has 7 nitrogen and oxygen atoms in total. The van der Waals surface area contributed by atoms with E-state index in [0.29, 0.717) is 23.2 Å². The third-order valence-electron chi connectivity index (χ3n) is 4.05. The van der Waals surface area contributed by atoms with Crippen LogP contribution in [0, 0.1) is 5.82 Å². The molecule has 144 valence electrons. The number of carbonyl (C=O) groups excluding carboxylic acids is 2. The van der Waals surface area contributed by atoms with Gasteiger partial charge in [-0.3, -0.25) is 9.59 Å². The van der Waals surface area contributed by atoms with Crippen LogP contribution < -0.4 is 11.1 Å². The van der Waals surface area contributed by atoms with E-state index in [1.54, 1.807) is 24.3 Å². The minimum absolute atomic E-state index is 0.0878. The van der Waals surface area contributed by atoms with Gasteiger partial charge in [0.1, 0.15) is 5.82 Å². The van der Waals surface area contributed by atoms with Crippen LogP contribution >= 0.6 is 0 Å². The van der Waals surface area contributed by atoms with Crippen LogP contribution in [0.15, 0.2) is 57.7 Å². The summed E-state index contributed by atoms with van der Waals surface area (Å²) in [4.78, 5) is 35.6. The Morgan fingerprint density at radius 3 is 2.57 bits per heavy atom. The lowest BCUT2D eigenvalue weighted by molar-refractivity contribution is -0.116. The number of Topliss-reactive ketones (excluding diaryl/α,β-unsaturated/α-hetero) is 1. The maximum absolute atomic E-state index is 13.0. The van der Waals surface area contributed by atoms with Crippen LogP contribution in [-0.4, -0.2) is 21.5 Å².